The molecule has 0 radical (unpaired) electrons. The van der Waals surface area contributed by atoms with Gasteiger partial charge in [-0.1, -0.05) is 0 Å². The van der Waals surface area contributed by atoms with Crippen molar-refractivity contribution in [1.82, 2.24) is 0 Å². The van der Waals surface area contributed by atoms with Crippen molar-refractivity contribution in [3.8, 4) is 0 Å². The lowest BCUT2D eigenvalue weighted by Crippen LogP contribution is -2.46. The second kappa shape index (κ2) is 5.12. The Hall–Kier alpha value is -2.51. The molecule has 21 heavy (non-hydrogen) atoms. The molecule has 0 bridgehead atoms. The van der Waals surface area contributed by atoms with Gasteiger partial charge in [0.1, 0.15) is 11.6 Å². The van der Waals surface area contributed by atoms with Crippen molar-refractivity contribution in [2.75, 3.05) is 11.5 Å². The molecule has 1 aromatic rings. The highest BCUT2D eigenvalue weighted by atomic mass is 19.1. The van der Waals surface area contributed by atoms with Crippen LogP contribution in [-0.2, 0) is 19.1 Å². The van der Waals surface area contributed by atoms with E-state index in [-0.39, 0.29) is 12.3 Å². The van der Waals surface area contributed by atoms with Gasteiger partial charge >= 0.3 is 12.1 Å². The average molecular weight is 299 g/mol. The number of cyclic esters (lactones) is 1. The summed E-state index contributed by atoms with van der Waals surface area (Å²) in [6, 6.07) is 2.14. The van der Waals surface area contributed by atoms with Crippen molar-refractivity contribution in [2.24, 2.45) is 0 Å². The monoisotopic (exact) mass is 299 g/mol. The van der Waals surface area contributed by atoms with Crippen molar-refractivity contribution in [2.45, 2.75) is 19.4 Å². The molecule has 0 N–H and O–H groups in total. The first-order valence-corrected chi connectivity index (χ1v) is 6.00. The minimum absolute atomic E-state index is 0.0200. The molecular weight excluding hydrogens is 288 g/mol. The molecule has 1 aliphatic heterocycles. The van der Waals surface area contributed by atoms with Gasteiger partial charge < -0.3 is 9.47 Å². The van der Waals surface area contributed by atoms with Crippen LogP contribution in [0.3, 0.4) is 0 Å². The number of hydrogen-bond acceptors (Lipinski definition) is 5. The molecule has 0 saturated carbocycles. The number of amides is 2. The van der Waals surface area contributed by atoms with Crippen LogP contribution in [0, 0.1) is 11.6 Å². The van der Waals surface area contributed by atoms with Crippen LogP contribution in [0.1, 0.15) is 13.8 Å². The Kier molecular flexibility index (Phi) is 3.63. The van der Waals surface area contributed by atoms with Crippen LogP contribution in [0.2, 0.25) is 0 Å². The van der Waals surface area contributed by atoms with Gasteiger partial charge in [0.25, 0.3) is 11.5 Å². The maximum atomic E-state index is 13.2. The summed E-state index contributed by atoms with van der Waals surface area (Å²) < 4.78 is 35.8. The highest BCUT2D eigenvalue weighted by molar-refractivity contribution is 6.27. The molecule has 6 nitrogen and oxygen atoms in total. The van der Waals surface area contributed by atoms with Gasteiger partial charge in [0, 0.05) is 6.07 Å². The number of nitrogens with zero attached hydrogens (tertiary/aromatic N) is 1. The third kappa shape index (κ3) is 2.44. The highest BCUT2D eigenvalue weighted by Gasteiger charge is 2.57. The number of anilines is 1. The summed E-state index contributed by atoms with van der Waals surface area (Å²) in [6.07, 6.45) is -1.21. The van der Waals surface area contributed by atoms with Crippen molar-refractivity contribution < 1.29 is 32.6 Å². The van der Waals surface area contributed by atoms with Gasteiger partial charge in [0.2, 0.25) is 0 Å². The summed E-state index contributed by atoms with van der Waals surface area (Å²) in [5.41, 5.74) is -2.54. The van der Waals surface area contributed by atoms with E-state index in [1.165, 1.54) is 6.92 Å². The lowest BCUT2D eigenvalue weighted by molar-refractivity contribution is -0.164. The van der Waals surface area contributed by atoms with E-state index in [9.17, 15) is 23.2 Å². The summed E-state index contributed by atoms with van der Waals surface area (Å²) in [4.78, 5) is 36.1. The van der Waals surface area contributed by atoms with E-state index < -0.39 is 35.2 Å². The fourth-order valence-corrected chi connectivity index (χ4v) is 1.85. The number of hydrogen-bond donors (Lipinski definition) is 0. The number of ether oxygens (including phenoxy) is 2. The Balaban J connectivity index is 2.41. The molecule has 1 aromatic carbocycles. The molecule has 2 rings (SSSR count). The maximum absolute atomic E-state index is 13.2. The number of imide groups is 1. The summed E-state index contributed by atoms with van der Waals surface area (Å²) >= 11 is 0. The lowest BCUT2D eigenvalue weighted by atomic mass is 10.1. The van der Waals surface area contributed by atoms with E-state index >= 15 is 0 Å². The number of carbonyl (C=O) groups excluding carboxylic acids is 3. The van der Waals surface area contributed by atoms with Gasteiger partial charge in [0.15, 0.2) is 0 Å². The first kappa shape index (κ1) is 14.9. The zero-order valence-corrected chi connectivity index (χ0v) is 11.2. The van der Waals surface area contributed by atoms with Gasteiger partial charge in [-0.3, -0.25) is 4.79 Å². The summed E-state index contributed by atoms with van der Waals surface area (Å²) in [5, 5.41) is 0. The van der Waals surface area contributed by atoms with Gasteiger partial charge in [-0.2, -0.15) is 0 Å². The molecule has 1 aliphatic rings. The molecule has 1 saturated heterocycles. The predicted octanol–water partition coefficient (Wildman–Crippen LogP) is 1.77. The quantitative estimate of drug-likeness (QED) is 0.628. The van der Waals surface area contributed by atoms with Crippen molar-refractivity contribution >= 4 is 23.7 Å². The van der Waals surface area contributed by atoms with E-state index in [4.69, 9.17) is 4.74 Å². The summed E-state index contributed by atoms with van der Waals surface area (Å²) in [7, 11) is 0. The second-order valence-corrected chi connectivity index (χ2v) is 4.39. The Bertz CT molecular complexity index is 613. The van der Waals surface area contributed by atoms with Crippen LogP contribution >= 0.6 is 0 Å². The Morgan fingerprint density at radius 2 is 1.86 bits per heavy atom. The molecule has 112 valence electrons. The molecule has 2 amide bonds. The van der Waals surface area contributed by atoms with Gasteiger partial charge in [-0.25, -0.2) is 23.3 Å². The summed E-state index contributed by atoms with van der Waals surface area (Å²) in [5.74, 6) is -4.08. The Morgan fingerprint density at radius 3 is 2.38 bits per heavy atom. The standard InChI is InChI=1S/C13H11F2NO5/c1-3-20-11(18)13(2)10(17)16(12(19)21-13)9-5-7(14)4-8(15)6-9/h4-6H,3H2,1-2H3. The molecule has 1 atom stereocenters. The molecule has 0 aromatic heterocycles. The number of halogens is 2. The number of benzene rings is 1. The van der Waals surface area contributed by atoms with Crippen LogP contribution in [0.25, 0.3) is 0 Å². The highest BCUT2D eigenvalue weighted by Crippen LogP contribution is 2.31. The van der Waals surface area contributed by atoms with E-state index in [1.807, 2.05) is 0 Å². The molecule has 1 heterocycles. The number of carbonyl (C=O) groups is 3. The van der Waals surface area contributed by atoms with E-state index in [1.54, 1.807) is 0 Å². The minimum atomic E-state index is -2.17. The first-order valence-electron chi connectivity index (χ1n) is 6.00. The third-order valence-corrected chi connectivity index (χ3v) is 2.86. The largest absolute Gasteiger partial charge is 0.463 e. The van der Waals surface area contributed by atoms with Crippen molar-refractivity contribution in [3.63, 3.8) is 0 Å². The van der Waals surface area contributed by atoms with Crippen molar-refractivity contribution in [3.05, 3.63) is 29.8 Å². The molecule has 1 unspecified atom stereocenters. The van der Waals surface area contributed by atoms with Crippen LogP contribution in [-0.4, -0.2) is 30.2 Å². The Labute approximate surface area is 118 Å². The van der Waals surface area contributed by atoms with Crippen molar-refractivity contribution in [1.29, 1.82) is 0 Å². The average Bonchev–Trinajstić information content (AvgIpc) is 2.60. The maximum Gasteiger partial charge on any atom is 0.423 e. The van der Waals surface area contributed by atoms with Crippen LogP contribution in [0.15, 0.2) is 18.2 Å². The normalized spacial score (nSPS) is 21.4. The Morgan fingerprint density at radius 1 is 1.29 bits per heavy atom. The smallest absolute Gasteiger partial charge is 0.423 e. The fraction of sp³-hybridized carbons (Fsp3) is 0.308. The SMILES string of the molecule is CCOC(=O)C1(C)OC(=O)N(c2cc(F)cc(F)c2)C1=O. The lowest BCUT2D eigenvalue weighted by Gasteiger charge is -2.17. The zero-order chi connectivity index (χ0) is 15.8. The molecular formula is C13H11F2NO5. The third-order valence-electron chi connectivity index (χ3n) is 2.86. The molecule has 0 aliphatic carbocycles. The van der Waals surface area contributed by atoms with Crippen LogP contribution < -0.4 is 4.90 Å². The topological polar surface area (TPSA) is 72.9 Å². The van der Waals surface area contributed by atoms with Crippen LogP contribution in [0.5, 0.6) is 0 Å². The minimum Gasteiger partial charge on any atom is -0.463 e. The zero-order valence-electron chi connectivity index (χ0n) is 11.2. The molecule has 8 heteroatoms. The van der Waals surface area contributed by atoms with E-state index in [2.05, 4.69) is 4.74 Å². The molecule has 0 spiro atoms. The van der Waals surface area contributed by atoms with Gasteiger partial charge in [-0.15, -0.1) is 0 Å². The fourth-order valence-electron chi connectivity index (χ4n) is 1.85. The second-order valence-electron chi connectivity index (χ2n) is 4.39. The van der Waals surface area contributed by atoms with Crippen LogP contribution in [0.4, 0.5) is 19.3 Å². The predicted molar refractivity (Wildman–Crippen MR) is 65.4 cm³/mol. The number of rotatable bonds is 3. The number of esters is 1. The molecule has 1 fully saturated rings. The van der Waals surface area contributed by atoms with Gasteiger partial charge in [-0.05, 0) is 26.0 Å². The van der Waals surface area contributed by atoms with E-state index in [0.29, 0.717) is 11.0 Å². The van der Waals surface area contributed by atoms with Gasteiger partial charge in [0.05, 0.1) is 12.3 Å². The van der Waals surface area contributed by atoms with E-state index in [0.717, 1.165) is 19.1 Å². The summed E-state index contributed by atoms with van der Waals surface area (Å²) in [6.45, 7) is 2.55. The first-order chi connectivity index (χ1) is 9.79.